The van der Waals surface area contributed by atoms with E-state index in [1.165, 1.54) is 19.3 Å². The van der Waals surface area contributed by atoms with Gasteiger partial charge in [-0.05, 0) is 18.2 Å². The van der Waals surface area contributed by atoms with E-state index in [-0.39, 0.29) is 11.3 Å². The maximum absolute atomic E-state index is 12.6. The second-order valence-electron chi connectivity index (χ2n) is 6.25. The molecule has 1 saturated heterocycles. The van der Waals surface area contributed by atoms with Crippen LogP contribution in [0.15, 0.2) is 34.5 Å². The van der Waals surface area contributed by atoms with Crippen molar-refractivity contribution in [2.24, 2.45) is 4.99 Å². The zero-order valence-electron chi connectivity index (χ0n) is 15.3. The van der Waals surface area contributed by atoms with E-state index < -0.39 is 18.0 Å². The van der Waals surface area contributed by atoms with Gasteiger partial charge in [-0.2, -0.15) is 5.06 Å². The second kappa shape index (κ2) is 7.33. The highest BCUT2D eigenvalue weighted by Crippen LogP contribution is 2.44. The monoisotopic (exact) mass is 407 g/mol. The quantitative estimate of drug-likeness (QED) is 0.680. The number of halogens is 1. The molecular weight excluding hydrogens is 390 g/mol. The lowest BCUT2D eigenvalue weighted by Crippen LogP contribution is -2.52. The Kier molecular flexibility index (Phi) is 4.86. The average Bonchev–Trinajstić information content (AvgIpc) is 3.13. The van der Waals surface area contributed by atoms with Gasteiger partial charge in [0.05, 0.1) is 33.1 Å². The van der Waals surface area contributed by atoms with Crippen LogP contribution in [0.5, 0.6) is 0 Å². The number of ether oxygens (including phenoxy) is 3. The van der Waals surface area contributed by atoms with Crippen LogP contribution in [0.4, 0.5) is 11.4 Å². The molecule has 0 N–H and O–H groups in total. The molecule has 0 radical (unpaired) electrons. The number of morpholine rings is 1. The fraction of sp³-hybridized carbons (Fsp3) is 0.389. The van der Waals surface area contributed by atoms with Crippen molar-refractivity contribution < 1.29 is 28.6 Å². The smallest absolute Gasteiger partial charge is 0.377 e. The van der Waals surface area contributed by atoms with E-state index in [0.717, 1.165) is 0 Å². The van der Waals surface area contributed by atoms with E-state index in [1.54, 1.807) is 18.2 Å². The number of hydrogen-bond acceptors (Lipinski definition) is 9. The Bertz CT molecular complexity index is 893. The second-order valence-corrected chi connectivity index (χ2v) is 6.68. The molecule has 28 heavy (non-hydrogen) atoms. The van der Waals surface area contributed by atoms with Crippen LogP contribution in [0, 0.1) is 0 Å². The largest absolute Gasteiger partial charge is 0.465 e. The van der Waals surface area contributed by atoms with Gasteiger partial charge in [0, 0.05) is 18.1 Å². The third-order valence-corrected chi connectivity index (χ3v) is 4.94. The minimum atomic E-state index is -0.778. The summed E-state index contributed by atoms with van der Waals surface area (Å²) in [5.41, 5.74) is 1.18. The van der Waals surface area contributed by atoms with E-state index in [2.05, 4.69) is 0 Å². The van der Waals surface area contributed by atoms with E-state index >= 15 is 0 Å². The minimum absolute atomic E-state index is 0.0326. The van der Waals surface area contributed by atoms with Gasteiger partial charge in [-0.15, -0.1) is 0 Å². The molecule has 0 aromatic heterocycles. The molecule has 1 unspecified atom stereocenters. The molecule has 1 fully saturated rings. The summed E-state index contributed by atoms with van der Waals surface area (Å²) in [6.07, 6.45) is 0. The molecule has 148 valence electrons. The van der Waals surface area contributed by atoms with Crippen LogP contribution in [0.25, 0.3) is 0 Å². The van der Waals surface area contributed by atoms with Gasteiger partial charge in [0.25, 0.3) is 5.76 Å². The highest BCUT2D eigenvalue weighted by molar-refractivity contribution is 6.31. The molecule has 3 heterocycles. The Morgan fingerprint density at radius 3 is 2.57 bits per heavy atom. The van der Waals surface area contributed by atoms with Gasteiger partial charge >= 0.3 is 11.9 Å². The number of esters is 2. The molecular formula is C18H18ClN3O6. The number of rotatable bonds is 2. The number of anilines is 1. The van der Waals surface area contributed by atoms with E-state index in [4.69, 9.17) is 35.6 Å². The number of hydroxylamine groups is 1. The zero-order valence-corrected chi connectivity index (χ0v) is 16.1. The average molecular weight is 408 g/mol. The van der Waals surface area contributed by atoms with Gasteiger partial charge in [0.2, 0.25) is 0 Å². The molecule has 0 aliphatic carbocycles. The number of benzene rings is 1. The number of carbonyl (C=O) groups is 2. The van der Waals surface area contributed by atoms with Crippen LogP contribution in [-0.4, -0.2) is 69.2 Å². The maximum Gasteiger partial charge on any atom is 0.377 e. The summed E-state index contributed by atoms with van der Waals surface area (Å²) >= 11 is 6.15. The van der Waals surface area contributed by atoms with Gasteiger partial charge in [-0.3, -0.25) is 0 Å². The third kappa shape index (κ3) is 2.96. The van der Waals surface area contributed by atoms with E-state index in [1.807, 2.05) is 4.90 Å². The van der Waals surface area contributed by atoms with Crippen molar-refractivity contribution in [1.82, 2.24) is 4.90 Å². The van der Waals surface area contributed by atoms with Crippen LogP contribution < -0.4 is 5.06 Å². The normalized spacial score (nSPS) is 20.8. The van der Waals surface area contributed by atoms with Gasteiger partial charge in [-0.1, -0.05) is 11.6 Å². The third-order valence-electron chi connectivity index (χ3n) is 4.71. The Hall–Kier alpha value is -2.78. The van der Waals surface area contributed by atoms with Crippen molar-refractivity contribution in [3.05, 3.63) is 34.6 Å². The van der Waals surface area contributed by atoms with Crippen molar-refractivity contribution in [2.45, 2.75) is 6.04 Å². The minimum Gasteiger partial charge on any atom is -0.465 e. The lowest BCUT2D eigenvalue weighted by atomic mass is 10.0. The van der Waals surface area contributed by atoms with Crippen LogP contribution in [0.1, 0.15) is 0 Å². The van der Waals surface area contributed by atoms with Crippen molar-refractivity contribution in [3.8, 4) is 0 Å². The standard InChI is InChI=1S/C18H18ClN3O6/c1-25-17(23)13-14-16(21-5-7-27-8-6-21)20-11-4-3-10(19)9-12(11)22(14)28-15(13)18(24)26-2/h3-4,9,14H,5-8H2,1-2H3. The van der Waals surface area contributed by atoms with Crippen LogP contribution in [0.2, 0.25) is 5.02 Å². The van der Waals surface area contributed by atoms with Crippen molar-refractivity contribution >= 4 is 40.7 Å². The zero-order chi connectivity index (χ0) is 19.8. The van der Waals surface area contributed by atoms with Gasteiger partial charge < -0.3 is 23.9 Å². The molecule has 0 amide bonds. The van der Waals surface area contributed by atoms with Crippen molar-refractivity contribution in [2.75, 3.05) is 45.6 Å². The van der Waals surface area contributed by atoms with E-state index in [9.17, 15) is 9.59 Å². The predicted octanol–water partition coefficient (Wildman–Crippen LogP) is 1.44. The molecule has 10 heteroatoms. The highest BCUT2D eigenvalue weighted by atomic mass is 35.5. The summed E-state index contributed by atoms with van der Waals surface area (Å²) in [6.45, 7) is 2.24. The number of amidine groups is 1. The molecule has 3 aliphatic rings. The number of aliphatic imine (C=N–C) groups is 1. The summed E-state index contributed by atoms with van der Waals surface area (Å²) in [7, 11) is 2.46. The Labute approximate surface area is 166 Å². The van der Waals surface area contributed by atoms with Gasteiger partial charge in [-0.25, -0.2) is 14.6 Å². The summed E-state index contributed by atoms with van der Waals surface area (Å²) in [5.74, 6) is -1.13. The summed E-state index contributed by atoms with van der Waals surface area (Å²) < 4.78 is 15.1. The Morgan fingerprint density at radius 2 is 1.89 bits per heavy atom. The van der Waals surface area contributed by atoms with Crippen LogP contribution in [-0.2, 0) is 28.6 Å². The molecule has 1 aromatic carbocycles. The molecule has 0 saturated carbocycles. The first-order valence-electron chi connectivity index (χ1n) is 8.64. The predicted molar refractivity (Wildman–Crippen MR) is 99.3 cm³/mol. The van der Waals surface area contributed by atoms with E-state index in [0.29, 0.717) is 48.5 Å². The Morgan fingerprint density at radius 1 is 1.18 bits per heavy atom. The van der Waals surface area contributed by atoms with Crippen molar-refractivity contribution in [3.63, 3.8) is 0 Å². The lowest BCUT2D eigenvalue weighted by Gasteiger charge is -2.38. The first kappa shape index (κ1) is 18.6. The first-order valence-corrected chi connectivity index (χ1v) is 9.01. The summed E-state index contributed by atoms with van der Waals surface area (Å²) in [6, 6.07) is 4.36. The molecule has 9 nitrogen and oxygen atoms in total. The Balaban J connectivity index is 1.88. The molecule has 3 aliphatic heterocycles. The number of methoxy groups -OCH3 is 2. The fourth-order valence-corrected chi connectivity index (χ4v) is 3.57. The molecule has 4 rings (SSSR count). The van der Waals surface area contributed by atoms with Gasteiger partial charge in [0.15, 0.2) is 6.04 Å². The molecule has 1 aromatic rings. The topological polar surface area (TPSA) is 89.9 Å². The molecule has 0 bridgehead atoms. The maximum atomic E-state index is 12.6. The number of fused-ring (bicyclic) bond motifs is 3. The fourth-order valence-electron chi connectivity index (χ4n) is 3.41. The summed E-state index contributed by atoms with van der Waals surface area (Å²) in [5, 5.41) is 1.93. The van der Waals surface area contributed by atoms with Crippen LogP contribution >= 0.6 is 11.6 Å². The number of nitrogens with zero attached hydrogens (tertiary/aromatic N) is 3. The number of carbonyl (C=O) groups excluding carboxylic acids is 2. The summed E-state index contributed by atoms with van der Waals surface area (Å²) in [4.78, 5) is 37.5. The SMILES string of the molecule is COC(=O)C1=C(C(=O)OC)C2C(N3CCOCC3)=Nc3ccc(Cl)cc3N2O1. The number of hydrogen-bond donors (Lipinski definition) is 0. The van der Waals surface area contributed by atoms with Crippen molar-refractivity contribution in [1.29, 1.82) is 0 Å². The lowest BCUT2D eigenvalue weighted by molar-refractivity contribution is -0.141. The van der Waals surface area contributed by atoms with Crippen LogP contribution in [0.3, 0.4) is 0 Å². The van der Waals surface area contributed by atoms with Gasteiger partial charge in [0.1, 0.15) is 17.1 Å². The highest BCUT2D eigenvalue weighted by Gasteiger charge is 2.50. The first-order chi connectivity index (χ1) is 13.5. The molecule has 1 atom stereocenters. The molecule has 0 spiro atoms.